The number of nitrogens with two attached hydrogens (primary N) is 1. The van der Waals surface area contributed by atoms with E-state index in [1.807, 2.05) is 11.4 Å². The van der Waals surface area contributed by atoms with Crippen LogP contribution in [-0.2, 0) is 6.54 Å². The molecule has 1 aromatic carbocycles. The highest BCUT2D eigenvalue weighted by molar-refractivity contribution is 9.10. The predicted molar refractivity (Wildman–Crippen MR) is 81.7 cm³/mol. The third kappa shape index (κ3) is 3.55. The van der Waals surface area contributed by atoms with Gasteiger partial charge in [0.1, 0.15) is 5.82 Å². The lowest BCUT2D eigenvalue weighted by Gasteiger charge is -2.07. The molecule has 2 aromatic rings. The Morgan fingerprint density at radius 2 is 2.11 bits per heavy atom. The Balaban J connectivity index is 2.10. The fourth-order valence-corrected chi connectivity index (χ4v) is 3.34. The van der Waals surface area contributed by atoms with E-state index in [-0.39, 0.29) is 11.6 Å². The van der Waals surface area contributed by atoms with Crippen molar-refractivity contribution in [2.24, 2.45) is 0 Å². The molecule has 0 saturated carbocycles. The summed E-state index contributed by atoms with van der Waals surface area (Å²) in [6.07, 6.45) is 0. The van der Waals surface area contributed by atoms with Gasteiger partial charge in [0.2, 0.25) is 0 Å². The Labute approximate surface area is 130 Å². The molecular formula is C12H9Br2FN2OS. The summed E-state index contributed by atoms with van der Waals surface area (Å²) in [7, 11) is 0. The molecule has 19 heavy (non-hydrogen) atoms. The number of halogens is 3. The van der Waals surface area contributed by atoms with Crippen LogP contribution in [0.15, 0.2) is 32.5 Å². The van der Waals surface area contributed by atoms with Crippen molar-refractivity contribution in [1.29, 1.82) is 0 Å². The van der Waals surface area contributed by atoms with E-state index in [1.54, 1.807) is 0 Å². The normalized spacial score (nSPS) is 10.5. The zero-order chi connectivity index (χ0) is 14.0. The molecule has 0 bridgehead atoms. The first kappa shape index (κ1) is 14.5. The maximum absolute atomic E-state index is 13.2. The summed E-state index contributed by atoms with van der Waals surface area (Å²) in [4.78, 5) is 13.0. The highest BCUT2D eigenvalue weighted by Gasteiger charge is 2.13. The number of benzene rings is 1. The largest absolute Gasteiger partial charge is 0.396 e. The van der Waals surface area contributed by atoms with Gasteiger partial charge in [-0.25, -0.2) is 4.39 Å². The smallest absolute Gasteiger partial charge is 0.252 e. The molecule has 1 heterocycles. The van der Waals surface area contributed by atoms with E-state index in [0.717, 1.165) is 9.35 Å². The van der Waals surface area contributed by atoms with Crippen molar-refractivity contribution in [3.05, 3.63) is 48.8 Å². The number of nitrogen functional groups attached to an aromatic ring is 1. The number of amides is 1. The minimum atomic E-state index is -0.550. The molecule has 2 rings (SSSR count). The van der Waals surface area contributed by atoms with Gasteiger partial charge < -0.3 is 11.1 Å². The molecule has 1 amide bonds. The third-order valence-corrected chi connectivity index (χ3v) is 4.73. The average molecular weight is 408 g/mol. The first-order valence-corrected chi connectivity index (χ1v) is 7.69. The summed E-state index contributed by atoms with van der Waals surface area (Å²) < 4.78 is 14.5. The molecule has 3 nitrogen and oxygen atoms in total. The number of carbonyl (C=O) groups excluding carboxylic acids is 1. The van der Waals surface area contributed by atoms with Gasteiger partial charge in [-0.3, -0.25) is 4.79 Å². The molecule has 100 valence electrons. The summed E-state index contributed by atoms with van der Waals surface area (Å²) in [5.41, 5.74) is 5.72. The Kier molecular flexibility index (Phi) is 4.59. The molecule has 0 aliphatic carbocycles. The molecule has 0 unspecified atom stereocenters. The van der Waals surface area contributed by atoms with E-state index in [9.17, 15) is 9.18 Å². The molecule has 7 heteroatoms. The number of thiophene rings is 1. The third-order valence-electron chi connectivity index (χ3n) is 2.38. The van der Waals surface area contributed by atoms with Crippen LogP contribution in [0.5, 0.6) is 0 Å². The van der Waals surface area contributed by atoms with Crippen LogP contribution in [0.25, 0.3) is 0 Å². The van der Waals surface area contributed by atoms with Gasteiger partial charge >= 0.3 is 0 Å². The molecule has 0 spiro atoms. The minimum absolute atomic E-state index is 0.0489. The Bertz CT molecular complexity index is 630. The number of hydrogen-bond donors (Lipinski definition) is 2. The van der Waals surface area contributed by atoms with Gasteiger partial charge in [-0.1, -0.05) is 0 Å². The van der Waals surface area contributed by atoms with Gasteiger partial charge in [0, 0.05) is 19.2 Å². The molecular weight excluding hydrogens is 399 g/mol. The van der Waals surface area contributed by atoms with E-state index in [0.29, 0.717) is 16.6 Å². The van der Waals surface area contributed by atoms with Crippen molar-refractivity contribution >= 4 is 54.8 Å². The van der Waals surface area contributed by atoms with Crippen LogP contribution in [-0.4, -0.2) is 5.91 Å². The molecule has 0 radical (unpaired) electrons. The zero-order valence-corrected chi connectivity index (χ0v) is 13.5. The highest BCUT2D eigenvalue weighted by Crippen LogP contribution is 2.23. The van der Waals surface area contributed by atoms with E-state index in [4.69, 9.17) is 5.73 Å². The lowest BCUT2D eigenvalue weighted by atomic mass is 10.2. The Hall–Kier alpha value is -0.920. The van der Waals surface area contributed by atoms with Crippen molar-refractivity contribution in [2.45, 2.75) is 6.54 Å². The van der Waals surface area contributed by atoms with Crippen molar-refractivity contribution in [2.75, 3.05) is 5.73 Å². The second-order valence-corrected chi connectivity index (χ2v) is 6.53. The number of carbonyl (C=O) groups is 1. The molecule has 0 saturated heterocycles. The Morgan fingerprint density at radius 1 is 1.37 bits per heavy atom. The summed E-state index contributed by atoms with van der Waals surface area (Å²) in [6, 6.07) is 4.43. The summed E-state index contributed by atoms with van der Waals surface area (Å²) in [6.45, 7) is 0.415. The quantitative estimate of drug-likeness (QED) is 0.757. The SMILES string of the molecule is Nc1cc(C(=O)NCc2cc(Br)cs2)c(Br)cc1F. The van der Waals surface area contributed by atoms with Crippen LogP contribution in [0.1, 0.15) is 15.2 Å². The van der Waals surface area contributed by atoms with Crippen molar-refractivity contribution in [3.8, 4) is 0 Å². The van der Waals surface area contributed by atoms with E-state index in [1.165, 1.54) is 23.5 Å². The van der Waals surface area contributed by atoms with E-state index >= 15 is 0 Å². The second kappa shape index (κ2) is 6.02. The first-order chi connectivity index (χ1) is 8.97. The molecule has 1 aromatic heterocycles. The van der Waals surface area contributed by atoms with Gasteiger partial charge in [0.05, 0.1) is 17.8 Å². The van der Waals surface area contributed by atoms with E-state index < -0.39 is 5.82 Å². The van der Waals surface area contributed by atoms with Crippen molar-refractivity contribution < 1.29 is 9.18 Å². The molecule has 0 aliphatic heterocycles. The second-order valence-electron chi connectivity index (χ2n) is 3.77. The molecule has 0 fully saturated rings. The minimum Gasteiger partial charge on any atom is -0.396 e. The summed E-state index contributed by atoms with van der Waals surface area (Å²) in [5, 5.41) is 4.70. The predicted octanol–water partition coefficient (Wildman–Crippen LogP) is 3.92. The molecule has 3 N–H and O–H groups in total. The van der Waals surface area contributed by atoms with Crippen LogP contribution >= 0.6 is 43.2 Å². The Morgan fingerprint density at radius 3 is 2.74 bits per heavy atom. The monoisotopic (exact) mass is 406 g/mol. The standard InChI is InChI=1S/C12H9Br2FN2OS/c13-6-1-7(19-5-6)4-17-12(18)8-2-11(16)10(15)3-9(8)14/h1-3,5H,4,16H2,(H,17,18). The maximum atomic E-state index is 13.2. The molecule has 0 atom stereocenters. The summed E-state index contributed by atoms with van der Waals surface area (Å²) >= 11 is 8.03. The fraction of sp³-hybridized carbons (Fsp3) is 0.0833. The zero-order valence-electron chi connectivity index (χ0n) is 9.54. The number of hydrogen-bond acceptors (Lipinski definition) is 3. The van der Waals surface area contributed by atoms with Gasteiger partial charge in [0.15, 0.2) is 0 Å². The topological polar surface area (TPSA) is 55.1 Å². The van der Waals surface area contributed by atoms with Crippen LogP contribution < -0.4 is 11.1 Å². The maximum Gasteiger partial charge on any atom is 0.252 e. The van der Waals surface area contributed by atoms with Crippen LogP contribution in [0, 0.1) is 5.82 Å². The lowest BCUT2D eigenvalue weighted by molar-refractivity contribution is 0.0950. The molecule has 0 aliphatic rings. The van der Waals surface area contributed by atoms with Crippen LogP contribution in [0.4, 0.5) is 10.1 Å². The van der Waals surface area contributed by atoms with Gasteiger partial charge in [-0.15, -0.1) is 11.3 Å². The summed E-state index contributed by atoms with van der Waals surface area (Å²) in [5.74, 6) is -0.853. The lowest BCUT2D eigenvalue weighted by Crippen LogP contribution is -2.23. The number of rotatable bonds is 3. The highest BCUT2D eigenvalue weighted by atomic mass is 79.9. The van der Waals surface area contributed by atoms with Crippen molar-refractivity contribution in [1.82, 2.24) is 5.32 Å². The first-order valence-electron chi connectivity index (χ1n) is 5.23. The van der Waals surface area contributed by atoms with Crippen molar-refractivity contribution in [3.63, 3.8) is 0 Å². The van der Waals surface area contributed by atoms with Crippen LogP contribution in [0.2, 0.25) is 0 Å². The van der Waals surface area contributed by atoms with Gasteiger partial charge in [-0.2, -0.15) is 0 Å². The van der Waals surface area contributed by atoms with E-state index in [2.05, 4.69) is 37.2 Å². The van der Waals surface area contributed by atoms with Gasteiger partial charge in [0.25, 0.3) is 5.91 Å². The fourth-order valence-electron chi connectivity index (χ4n) is 1.45. The number of nitrogens with one attached hydrogen (secondary N) is 1. The van der Waals surface area contributed by atoms with Gasteiger partial charge in [-0.05, 0) is 50.1 Å². The number of anilines is 1. The van der Waals surface area contributed by atoms with Crippen LogP contribution in [0.3, 0.4) is 0 Å². The average Bonchev–Trinajstić information content (AvgIpc) is 2.77.